The first-order chi connectivity index (χ1) is 21.3. The number of hydrogen-bond donors (Lipinski definition) is 3. The van der Waals surface area contributed by atoms with Crippen LogP contribution in [0, 0.1) is 34.5 Å². The summed E-state index contributed by atoms with van der Waals surface area (Å²) in [6, 6.07) is 14.2. The summed E-state index contributed by atoms with van der Waals surface area (Å²) >= 11 is 5.97. The molecule has 2 aromatic rings. The van der Waals surface area contributed by atoms with Crippen molar-refractivity contribution in [1.29, 1.82) is 0 Å². The average molecular weight is 639 g/mol. The molecule has 0 radical (unpaired) electrons. The molecule has 6 rings (SSSR count). The Hall–Kier alpha value is -2.16. The van der Waals surface area contributed by atoms with E-state index in [1.165, 1.54) is 5.56 Å². The third-order valence-electron chi connectivity index (χ3n) is 12.3. The van der Waals surface area contributed by atoms with Crippen LogP contribution in [0.4, 0.5) is 0 Å². The Bertz CT molecular complexity index is 1340. The predicted molar refractivity (Wildman–Crippen MR) is 176 cm³/mol. The van der Waals surface area contributed by atoms with Crippen LogP contribution in [0.25, 0.3) is 0 Å². The molecule has 4 aliphatic carbocycles. The van der Waals surface area contributed by atoms with Gasteiger partial charge in [0, 0.05) is 40.6 Å². The van der Waals surface area contributed by atoms with E-state index in [1.54, 1.807) is 0 Å². The number of fused-ring (bicyclic) bond motifs is 5. The Labute approximate surface area is 273 Å². The minimum absolute atomic E-state index is 0.0154. The Morgan fingerprint density at radius 3 is 2.44 bits per heavy atom. The van der Waals surface area contributed by atoms with Gasteiger partial charge in [0.1, 0.15) is 18.0 Å². The van der Waals surface area contributed by atoms with Crippen molar-refractivity contribution in [2.24, 2.45) is 34.5 Å². The van der Waals surface area contributed by atoms with Gasteiger partial charge in [-0.25, -0.2) is 0 Å². The molecule has 0 saturated heterocycles. The van der Waals surface area contributed by atoms with Gasteiger partial charge in [0.2, 0.25) is 0 Å². The van der Waals surface area contributed by atoms with Crippen molar-refractivity contribution in [1.82, 2.24) is 9.88 Å². The van der Waals surface area contributed by atoms with E-state index in [-0.39, 0.29) is 41.5 Å². The summed E-state index contributed by atoms with van der Waals surface area (Å²) in [4.78, 5) is 32.4. The number of nitrogens with zero attached hydrogens (tertiary/aromatic N) is 2. The van der Waals surface area contributed by atoms with Crippen LogP contribution in [0.3, 0.4) is 0 Å². The molecule has 3 N–H and O–H groups in total. The van der Waals surface area contributed by atoms with Gasteiger partial charge in [-0.3, -0.25) is 14.6 Å². The Balaban J connectivity index is 0.000000187. The number of halogens is 1. The van der Waals surface area contributed by atoms with Gasteiger partial charge < -0.3 is 20.2 Å². The second-order valence-electron chi connectivity index (χ2n) is 14.9. The molecule has 4 aliphatic rings. The molecule has 45 heavy (non-hydrogen) atoms. The summed E-state index contributed by atoms with van der Waals surface area (Å²) in [6.07, 6.45) is 8.38. The lowest BCUT2D eigenvalue weighted by molar-refractivity contribution is -0.180. The van der Waals surface area contributed by atoms with E-state index >= 15 is 0 Å². The fourth-order valence-electron chi connectivity index (χ4n) is 9.79. The molecule has 1 unspecified atom stereocenters. The maximum Gasteiger partial charge on any atom is 0.190 e. The minimum atomic E-state index is -1.58. The van der Waals surface area contributed by atoms with Crippen molar-refractivity contribution in [2.75, 3.05) is 27.2 Å². The number of hydrogen-bond acceptors (Lipinski definition) is 7. The minimum Gasteiger partial charge on any atom is -0.393 e. The van der Waals surface area contributed by atoms with E-state index in [9.17, 15) is 24.9 Å². The van der Waals surface area contributed by atoms with Crippen molar-refractivity contribution in [3.63, 3.8) is 0 Å². The first-order valence-corrected chi connectivity index (χ1v) is 17.1. The number of aliphatic hydroxyl groups is 3. The zero-order valence-corrected chi connectivity index (χ0v) is 28.0. The molecule has 246 valence electrons. The molecular weight excluding hydrogens is 588 g/mol. The number of aliphatic hydroxyl groups excluding tert-OH is 2. The number of pyridine rings is 1. The zero-order chi connectivity index (χ0) is 32.6. The number of aromatic nitrogens is 1. The summed E-state index contributed by atoms with van der Waals surface area (Å²) in [7, 11) is 4.19. The molecule has 4 saturated carbocycles. The van der Waals surface area contributed by atoms with Crippen LogP contribution in [0.5, 0.6) is 0 Å². The highest BCUT2D eigenvalue weighted by Crippen LogP contribution is 2.67. The summed E-state index contributed by atoms with van der Waals surface area (Å²) in [5, 5.41) is 31.4. The number of carbonyl (C=O) groups excluding carboxylic acids is 2. The Kier molecular flexibility index (Phi) is 10.3. The van der Waals surface area contributed by atoms with Crippen molar-refractivity contribution >= 4 is 23.2 Å². The van der Waals surface area contributed by atoms with Gasteiger partial charge >= 0.3 is 0 Å². The van der Waals surface area contributed by atoms with E-state index in [2.05, 4.69) is 49.1 Å². The van der Waals surface area contributed by atoms with E-state index in [1.807, 2.05) is 37.4 Å². The van der Waals surface area contributed by atoms with Crippen molar-refractivity contribution in [3.05, 3.63) is 64.9 Å². The van der Waals surface area contributed by atoms with Gasteiger partial charge in [0.25, 0.3) is 0 Å². The first kappa shape index (κ1) is 34.2. The van der Waals surface area contributed by atoms with Gasteiger partial charge in [-0.05, 0) is 125 Å². The second kappa shape index (κ2) is 13.5. The maximum atomic E-state index is 13.4. The SMILES string of the molecule is CN(C)CCC(c1ccc(Cl)cc1)c1ccccn1.C[C@]12CC[C@@H](O)C[C@H]1CC[C@@H]1[C@@H]2C(=O)C[C@@]2(C)[C@H]1CC[C@]2(O)C(=O)CO. The molecule has 4 fully saturated rings. The predicted octanol–water partition coefficient (Wildman–Crippen LogP) is 5.68. The Morgan fingerprint density at radius 1 is 1.07 bits per heavy atom. The van der Waals surface area contributed by atoms with Crippen LogP contribution in [-0.4, -0.2) is 75.7 Å². The highest BCUT2D eigenvalue weighted by atomic mass is 35.5. The van der Waals surface area contributed by atoms with Gasteiger partial charge in [-0.15, -0.1) is 0 Å². The molecule has 0 bridgehead atoms. The second-order valence-corrected chi connectivity index (χ2v) is 15.4. The van der Waals surface area contributed by atoms with E-state index in [0.29, 0.717) is 18.3 Å². The molecule has 1 aromatic heterocycles. The van der Waals surface area contributed by atoms with Crippen LogP contribution in [0.2, 0.25) is 5.02 Å². The smallest absolute Gasteiger partial charge is 0.190 e. The number of carbonyl (C=O) groups is 2. The third-order valence-corrected chi connectivity index (χ3v) is 12.5. The topological polar surface area (TPSA) is 111 Å². The lowest BCUT2D eigenvalue weighted by Crippen LogP contribution is -2.62. The van der Waals surface area contributed by atoms with Gasteiger partial charge in [-0.1, -0.05) is 43.6 Å². The normalized spacial score (nSPS) is 36.3. The quantitative estimate of drug-likeness (QED) is 0.358. The van der Waals surface area contributed by atoms with Crippen LogP contribution in [0.1, 0.15) is 88.8 Å². The summed E-state index contributed by atoms with van der Waals surface area (Å²) < 4.78 is 0. The maximum absolute atomic E-state index is 13.4. The fourth-order valence-corrected chi connectivity index (χ4v) is 9.92. The highest BCUT2D eigenvalue weighted by Gasteiger charge is 2.68. The van der Waals surface area contributed by atoms with Crippen molar-refractivity contribution in [2.45, 2.75) is 89.3 Å². The third kappa shape index (κ3) is 6.40. The molecule has 1 aromatic carbocycles. The fraction of sp³-hybridized carbons (Fsp3) is 0.649. The number of benzene rings is 1. The lowest BCUT2D eigenvalue weighted by atomic mass is 9.44. The molecule has 0 aliphatic heterocycles. The summed E-state index contributed by atoms with van der Waals surface area (Å²) in [6.45, 7) is 4.50. The van der Waals surface area contributed by atoms with E-state index in [4.69, 9.17) is 11.6 Å². The standard InChI is InChI=1S/C21H32O5.C16H19ClN2/c1-19-7-5-13(23)9-12(19)3-4-14-15-6-8-21(26,17(25)11-22)20(15,2)10-16(24)18(14)19;1-19(2)12-10-15(16-5-3-4-11-18-16)13-6-8-14(17)9-7-13/h12-15,18,22-23,26H,3-11H2,1-2H3;3-9,11,15H,10,12H2,1-2H3/t12-,13-,14+,15+,18-,19+,20+,21+;/m1./s1. The van der Waals surface area contributed by atoms with Crippen molar-refractivity contribution in [3.8, 4) is 0 Å². The largest absolute Gasteiger partial charge is 0.393 e. The van der Waals surface area contributed by atoms with Crippen LogP contribution in [-0.2, 0) is 9.59 Å². The van der Waals surface area contributed by atoms with Crippen LogP contribution in [0.15, 0.2) is 48.7 Å². The molecule has 8 heteroatoms. The lowest BCUT2D eigenvalue weighted by Gasteiger charge is -2.60. The first-order valence-electron chi connectivity index (χ1n) is 16.7. The molecule has 7 nitrogen and oxygen atoms in total. The van der Waals surface area contributed by atoms with Gasteiger partial charge in [0.05, 0.1) is 6.10 Å². The Morgan fingerprint density at radius 2 is 1.80 bits per heavy atom. The zero-order valence-electron chi connectivity index (χ0n) is 27.3. The summed E-state index contributed by atoms with van der Waals surface area (Å²) in [5.41, 5.74) is -0.0187. The molecule has 0 amide bonds. The highest BCUT2D eigenvalue weighted by molar-refractivity contribution is 6.30. The molecule has 0 spiro atoms. The van der Waals surface area contributed by atoms with Crippen LogP contribution >= 0.6 is 11.6 Å². The van der Waals surface area contributed by atoms with Crippen molar-refractivity contribution < 1.29 is 24.9 Å². The molecule has 1 heterocycles. The van der Waals surface area contributed by atoms with Gasteiger partial charge in [0.15, 0.2) is 5.78 Å². The van der Waals surface area contributed by atoms with E-state index in [0.717, 1.165) is 62.2 Å². The average Bonchev–Trinajstić information content (AvgIpc) is 3.29. The molecular formula is C37H51ClN2O5. The number of ketones is 2. The molecule has 9 atom stereocenters. The number of rotatable bonds is 7. The summed E-state index contributed by atoms with van der Waals surface area (Å²) in [5.74, 6) is 0.700. The van der Waals surface area contributed by atoms with Gasteiger partial charge in [-0.2, -0.15) is 0 Å². The van der Waals surface area contributed by atoms with E-state index < -0.39 is 23.4 Å². The number of Topliss-reactive ketones (excluding diaryl/α,β-unsaturated/α-hetero) is 2. The monoisotopic (exact) mass is 638 g/mol. The van der Waals surface area contributed by atoms with Crippen LogP contribution < -0.4 is 0 Å².